The van der Waals surface area contributed by atoms with Crippen molar-refractivity contribution in [3.63, 3.8) is 0 Å². The van der Waals surface area contributed by atoms with Crippen LogP contribution in [0.1, 0.15) is 12.0 Å². The van der Waals surface area contributed by atoms with E-state index in [4.69, 9.17) is 10.5 Å². The number of hydrogen-bond acceptors (Lipinski definition) is 6. The van der Waals surface area contributed by atoms with Crippen molar-refractivity contribution in [2.24, 2.45) is 10.8 Å². The number of amides is 2. The molecule has 0 aromatic heterocycles. The summed E-state index contributed by atoms with van der Waals surface area (Å²) < 4.78 is 5.21. The molecule has 1 saturated heterocycles. The number of nitrogens with zero attached hydrogens (tertiary/aromatic N) is 4. The van der Waals surface area contributed by atoms with Crippen LogP contribution in [-0.4, -0.2) is 73.2 Å². The van der Waals surface area contributed by atoms with Crippen LogP contribution in [-0.2, 0) is 16.0 Å². The smallest absolute Gasteiger partial charge is 0.270 e. The highest BCUT2D eigenvalue weighted by atomic mass is 16.5. The molecule has 8 heteroatoms. The Kier molecular flexibility index (Phi) is 6.70. The van der Waals surface area contributed by atoms with Gasteiger partial charge >= 0.3 is 0 Å². The fourth-order valence-corrected chi connectivity index (χ4v) is 4.12. The highest BCUT2D eigenvalue weighted by molar-refractivity contribution is 6.40. The molecular formula is C24H29N5O3. The lowest BCUT2D eigenvalue weighted by Crippen LogP contribution is -2.51. The van der Waals surface area contributed by atoms with Gasteiger partial charge in [-0.25, -0.2) is 0 Å². The second kappa shape index (κ2) is 9.82. The van der Waals surface area contributed by atoms with E-state index in [0.29, 0.717) is 18.8 Å². The first-order valence-electron chi connectivity index (χ1n) is 10.9. The van der Waals surface area contributed by atoms with Gasteiger partial charge in [0.15, 0.2) is 0 Å². The number of ether oxygens (including phenoxy) is 1. The Balaban J connectivity index is 1.32. The summed E-state index contributed by atoms with van der Waals surface area (Å²) in [5, 5.41) is 6.05. The van der Waals surface area contributed by atoms with Crippen molar-refractivity contribution >= 4 is 23.2 Å². The summed E-state index contributed by atoms with van der Waals surface area (Å²) in [6.07, 6.45) is 1.19. The maximum absolute atomic E-state index is 13.1. The molecule has 0 saturated carbocycles. The summed E-state index contributed by atoms with van der Waals surface area (Å²) in [5.41, 5.74) is 8.00. The Morgan fingerprint density at radius 3 is 2.34 bits per heavy atom. The maximum Gasteiger partial charge on any atom is 0.270 e. The van der Waals surface area contributed by atoms with Gasteiger partial charge in [-0.2, -0.15) is 5.10 Å². The average Bonchev–Trinajstić information content (AvgIpc) is 3.29. The van der Waals surface area contributed by atoms with Crippen LogP contribution in [0.15, 0.2) is 59.7 Å². The number of carbonyl (C=O) groups excluding carboxylic acids is 2. The summed E-state index contributed by atoms with van der Waals surface area (Å²) >= 11 is 0. The predicted molar refractivity (Wildman–Crippen MR) is 124 cm³/mol. The Labute approximate surface area is 188 Å². The number of para-hydroxylation sites is 1. The van der Waals surface area contributed by atoms with Crippen molar-refractivity contribution in [1.29, 1.82) is 0 Å². The van der Waals surface area contributed by atoms with E-state index in [1.54, 1.807) is 12.1 Å². The molecule has 0 spiro atoms. The SMILES string of the molecule is COc1ccc(CCN2CCN(C(=O)C3=NN(c4ccccc4)C(C(N)=O)C3)CC2)cc1. The molecule has 32 heavy (non-hydrogen) atoms. The van der Waals surface area contributed by atoms with Crippen molar-refractivity contribution in [3.05, 3.63) is 60.2 Å². The van der Waals surface area contributed by atoms with Crippen LogP contribution < -0.4 is 15.5 Å². The van der Waals surface area contributed by atoms with E-state index in [-0.39, 0.29) is 12.3 Å². The van der Waals surface area contributed by atoms with Gasteiger partial charge in [0.1, 0.15) is 17.5 Å². The van der Waals surface area contributed by atoms with Crippen molar-refractivity contribution in [2.45, 2.75) is 18.9 Å². The summed E-state index contributed by atoms with van der Waals surface area (Å²) in [6.45, 7) is 3.87. The number of nitrogens with two attached hydrogens (primary N) is 1. The fraction of sp³-hybridized carbons (Fsp3) is 0.375. The topological polar surface area (TPSA) is 91.5 Å². The van der Waals surface area contributed by atoms with Crippen molar-refractivity contribution in [2.75, 3.05) is 44.8 Å². The number of hydrazone groups is 1. The summed E-state index contributed by atoms with van der Waals surface area (Å²) in [4.78, 5) is 29.2. The Hall–Kier alpha value is -3.39. The largest absolute Gasteiger partial charge is 0.497 e. The minimum Gasteiger partial charge on any atom is -0.497 e. The molecule has 0 aliphatic carbocycles. The van der Waals surface area contributed by atoms with Gasteiger partial charge in [-0.3, -0.25) is 19.5 Å². The number of carbonyl (C=O) groups is 2. The third kappa shape index (κ3) is 4.91. The number of rotatable bonds is 7. The standard InChI is InChI=1S/C24H29N5O3/c1-32-20-9-7-18(8-10-20)11-12-27-13-15-28(16-14-27)24(31)21-17-22(23(25)30)29(26-21)19-5-3-2-4-6-19/h2-10,22H,11-17H2,1H3,(H2,25,30). The van der Waals surface area contributed by atoms with E-state index < -0.39 is 11.9 Å². The Morgan fingerprint density at radius 1 is 1.03 bits per heavy atom. The number of primary amides is 1. The molecule has 2 aliphatic heterocycles. The zero-order valence-electron chi connectivity index (χ0n) is 18.3. The fourth-order valence-electron chi connectivity index (χ4n) is 4.12. The van der Waals surface area contributed by atoms with Crippen LogP contribution in [0.2, 0.25) is 0 Å². The minimum atomic E-state index is -0.637. The number of anilines is 1. The molecule has 2 aliphatic rings. The molecule has 2 aromatic carbocycles. The van der Waals surface area contributed by atoms with Crippen LogP contribution in [0.3, 0.4) is 0 Å². The van der Waals surface area contributed by atoms with Crippen LogP contribution in [0.5, 0.6) is 5.75 Å². The quantitative estimate of drug-likeness (QED) is 0.712. The van der Waals surface area contributed by atoms with Gasteiger partial charge in [0.25, 0.3) is 5.91 Å². The van der Waals surface area contributed by atoms with Crippen LogP contribution in [0.25, 0.3) is 0 Å². The normalized spacial score (nSPS) is 19.0. The second-order valence-electron chi connectivity index (χ2n) is 8.08. The zero-order valence-corrected chi connectivity index (χ0v) is 18.3. The average molecular weight is 436 g/mol. The molecule has 8 nitrogen and oxygen atoms in total. The molecule has 2 heterocycles. The van der Waals surface area contributed by atoms with Crippen molar-refractivity contribution < 1.29 is 14.3 Å². The third-order valence-electron chi connectivity index (χ3n) is 6.04. The molecule has 1 fully saturated rings. The minimum absolute atomic E-state index is 0.107. The second-order valence-corrected chi connectivity index (χ2v) is 8.08. The van der Waals surface area contributed by atoms with Crippen LogP contribution >= 0.6 is 0 Å². The van der Waals surface area contributed by atoms with Gasteiger partial charge in [-0.1, -0.05) is 30.3 Å². The van der Waals surface area contributed by atoms with E-state index >= 15 is 0 Å². The molecule has 168 valence electrons. The van der Waals surface area contributed by atoms with Crippen LogP contribution in [0.4, 0.5) is 5.69 Å². The van der Waals surface area contributed by atoms with Gasteiger partial charge in [0.2, 0.25) is 5.91 Å². The lowest BCUT2D eigenvalue weighted by atomic mass is 10.1. The molecular weight excluding hydrogens is 406 g/mol. The third-order valence-corrected chi connectivity index (χ3v) is 6.04. The first kappa shape index (κ1) is 21.8. The van der Waals surface area contributed by atoms with Crippen LogP contribution in [0, 0.1) is 0 Å². The molecule has 4 rings (SSSR count). The van der Waals surface area contributed by atoms with Crippen molar-refractivity contribution in [3.8, 4) is 5.75 Å². The molecule has 0 bridgehead atoms. The van der Waals surface area contributed by atoms with Gasteiger partial charge in [-0.05, 0) is 36.2 Å². The highest BCUT2D eigenvalue weighted by Crippen LogP contribution is 2.25. The van der Waals surface area contributed by atoms with E-state index in [2.05, 4.69) is 22.1 Å². The molecule has 0 radical (unpaired) electrons. The monoisotopic (exact) mass is 435 g/mol. The molecule has 2 amide bonds. The Morgan fingerprint density at radius 2 is 1.72 bits per heavy atom. The van der Waals surface area contributed by atoms with E-state index in [1.165, 1.54) is 5.56 Å². The van der Waals surface area contributed by atoms with Crippen molar-refractivity contribution in [1.82, 2.24) is 9.80 Å². The zero-order chi connectivity index (χ0) is 22.5. The maximum atomic E-state index is 13.1. The number of methoxy groups -OCH3 is 1. The molecule has 2 aromatic rings. The summed E-state index contributed by atoms with van der Waals surface area (Å²) in [7, 11) is 1.67. The number of piperazine rings is 1. The van der Waals surface area contributed by atoms with Gasteiger partial charge < -0.3 is 15.4 Å². The van der Waals surface area contributed by atoms with E-state index in [0.717, 1.165) is 37.5 Å². The lowest BCUT2D eigenvalue weighted by molar-refractivity contribution is -0.125. The summed E-state index contributed by atoms with van der Waals surface area (Å²) in [6, 6.07) is 16.8. The number of hydrogen-bond donors (Lipinski definition) is 1. The molecule has 1 atom stereocenters. The van der Waals surface area contributed by atoms with E-state index in [1.807, 2.05) is 47.4 Å². The predicted octanol–water partition coefficient (Wildman–Crippen LogP) is 1.50. The molecule has 1 unspecified atom stereocenters. The van der Waals surface area contributed by atoms with Gasteiger partial charge in [-0.15, -0.1) is 0 Å². The lowest BCUT2D eigenvalue weighted by Gasteiger charge is -2.34. The summed E-state index contributed by atoms with van der Waals surface area (Å²) in [5.74, 6) is 0.272. The molecule has 2 N–H and O–H groups in total. The first-order chi connectivity index (χ1) is 15.5. The van der Waals surface area contributed by atoms with Gasteiger partial charge in [0.05, 0.1) is 12.8 Å². The van der Waals surface area contributed by atoms with Gasteiger partial charge in [0, 0.05) is 39.1 Å². The first-order valence-corrected chi connectivity index (χ1v) is 10.9. The highest BCUT2D eigenvalue weighted by Gasteiger charge is 2.37. The van der Waals surface area contributed by atoms with E-state index in [9.17, 15) is 9.59 Å². The Bertz CT molecular complexity index is 969. The number of benzene rings is 2.